The summed E-state index contributed by atoms with van der Waals surface area (Å²) in [6.45, 7) is -1.06. The number of rotatable bonds is 6. The Morgan fingerprint density at radius 1 is 1.18 bits per heavy atom. The highest BCUT2D eigenvalue weighted by molar-refractivity contribution is 4.72. The molecule has 1 atom stereocenters. The van der Waals surface area contributed by atoms with E-state index in [1.165, 1.54) is 32.1 Å². The molecule has 102 valence electrons. The van der Waals surface area contributed by atoms with E-state index in [0.717, 1.165) is 6.42 Å². The predicted molar refractivity (Wildman–Crippen MR) is 60.7 cm³/mol. The Bertz CT molecular complexity index is 202. The molecule has 0 bridgehead atoms. The van der Waals surface area contributed by atoms with Gasteiger partial charge in [0, 0.05) is 12.6 Å². The van der Waals surface area contributed by atoms with Gasteiger partial charge in [0.05, 0.1) is 0 Å². The summed E-state index contributed by atoms with van der Waals surface area (Å²) in [5.74, 6) is 0.668. The van der Waals surface area contributed by atoms with Crippen molar-refractivity contribution >= 4 is 0 Å². The highest BCUT2D eigenvalue weighted by Crippen LogP contribution is 2.27. The molecule has 1 aliphatic rings. The average Bonchev–Trinajstić information content (AvgIpc) is 2.25. The van der Waals surface area contributed by atoms with E-state index in [1.54, 1.807) is 0 Å². The summed E-state index contributed by atoms with van der Waals surface area (Å²) in [5, 5.41) is 0. The van der Waals surface area contributed by atoms with Crippen molar-refractivity contribution in [1.29, 1.82) is 0 Å². The van der Waals surface area contributed by atoms with Crippen molar-refractivity contribution in [3.8, 4) is 0 Å². The maximum atomic E-state index is 11.8. The molecule has 17 heavy (non-hydrogen) atoms. The number of alkyl halides is 3. The molecule has 0 saturated heterocycles. The quantitative estimate of drug-likeness (QED) is 0.737. The van der Waals surface area contributed by atoms with E-state index < -0.39 is 12.8 Å². The van der Waals surface area contributed by atoms with E-state index in [0.29, 0.717) is 12.3 Å². The van der Waals surface area contributed by atoms with Crippen LogP contribution in [0.3, 0.4) is 0 Å². The zero-order chi connectivity index (χ0) is 12.7. The van der Waals surface area contributed by atoms with Crippen molar-refractivity contribution in [3.63, 3.8) is 0 Å². The van der Waals surface area contributed by atoms with Gasteiger partial charge < -0.3 is 10.5 Å². The largest absolute Gasteiger partial charge is 0.411 e. The second-order valence-electron chi connectivity index (χ2n) is 4.96. The van der Waals surface area contributed by atoms with Crippen LogP contribution in [-0.2, 0) is 4.74 Å². The minimum Gasteiger partial charge on any atom is -0.372 e. The summed E-state index contributed by atoms with van der Waals surface area (Å²) >= 11 is 0. The zero-order valence-corrected chi connectivity index (χ0v) is 10.1. The number of halogens is 3. The number of hydrogen-bond acceptors (Lipinski definition) is 2. The molecule has 1 unspecified atom stereocenters. The Labute approximate surface area is 101 Å². The van der Waals surface area contributed by atoms with Crippen molar-refractivity contribution < 1.29 is 17.9 Å². The Morgan fingerprint density at radius 3 is 2.41 bits per heavy atom. The van der Waals surface area contributed by atoms with Gasteiger partial charge in [0.15, 0.2) is 0 Å². The van der Waals surface area contributed by atoms with Gasteiger partial charge in [0.25, 0.3) is 0 Å². The lowest BCUT2D eigenvalue weighted by molar-refractivity contribution is -0.174. The van der Waals surface area contributed by atoms with Gasteiger partial charge in [-0.25, -0.2) is 0 Å². The summed E-state index contributed by atoms with van der Waals surface area (Å²) in [4.78, 5) is 0. The Balaban J connectivity index is 2.02. The maximum absolute atomic E-state index is 11.8. The van der Waals surface area contributed by atoms with Crippen LogP contribution in [-0.4, -0.2) is 25.4 Å². The Hall–Kier alpha value is -0.290. The Morgan fingerprint density at radius 2 is 1.82 bits per heavy atom. The SMILES string of the molecule is NC(CCOCC(F)(F)F)CC1CCCCC1. The summed E-state index contributed by atoms with van der Waals surface area (Å²) < 4.78 is 39.9. The fourth-order valence-electron chi connectivity index (χ4n) is 2.39. The first kappa shape index (κ1) is 14.8. The molecule has 1 saturated carbocycles. The smallest absolute Gasteiger partial charge is 0.372 e. The first-order valence-electron chi connectivity index (χ1n) is 6.37. The van der Waals surface area contributed by atoms with Gasteiger partial charge in [-0.2, -0.15) is 13.2 Å². The molecule has 2 N–H and O–H groups in total. The third-order valence-electron chi connectivity index (χ3n) is 3.26. The summed E-state index contributed by atoms with van der Waals surface area (Å²) in [7, 11) is 0. The zero-order valence-electron chi connectivity index (χ0n) is 10.1. The third-order valence-corrected chi connectivity index (χ3v) is 3.26. The molecule has 1 aliphatic carbocycles. The van der Waals surface area contributed by atoms with Crippen LogP contribution in [0.4, 0.5) is 13.2 Å². The minimum absolute atomic E-state index is 0.0219. The van der Waals surface area contributed by atoms with Gasteiger partial charge in [-0.3, -0.25) is 0 Å². The fourth-order valence-corrected chi connectivity index (χ4v) is 2.39. The maximum Gasteiger partial charge on any atom is 0.411 e. The van der Waals surface area contributed by atoms with E-state index in [9.17, 15) is 13.2 Å². The van der Waals surface area contributed by atoms with Crippen LogP contribution >= 0.6 is 0 Å². The highest BCUT2D eigenvalue weighted by atomic mass is 19.4. The first-order chi connectivity index (χ1) is 7.97. The van der Waals surface area contributed by atoms with Crippen molar-refractivity contribution in [3.05, 3.63) is 0 Å². The summed E-state index contributed by atoms with van der Waals surface area (Å²) in [6.07, 6.45) is 3.49. The van der Waals surface area contributed by atoms with E-state index in [1.807, 2.05) is 0 Å². The van der Waals surface area contributed by atoms with E-state index in [2.05, 4.69) is 4.74 Å². The lowest BCUT2D eigenvalue weighted by Gasteiger charge is -2.24. The van der Waals surface area contributed by atoms with E-state index in [4.69, 9.17) is 5.73 Å². The van der Waals surface area contributed by atoms with Gasteiger partial charge in [-0.15, -0.1) is 0 Å². The first-order valence-corrected chi connectivity index (χ1v) is 6.37. The van der Waals surface area contributed by atoms with Crippen LogP contribution in [0, 0.1) is 5.92 Å². The van der Waals surface area contributed by atoms with Crippen molar-refractivity contribution in [2.45, 2.75) is 57.2 Å². The molecule has 0 aromatic carbocycles. The average molecular weight is 253 g/mol. The molecule has 0 amide bonds. The molecular weight excluding hydrogens is 231 g/mol. The van der Waals surface area contributed by atoms with Crippen LogP contribution < -0.4 is 5.73 Å². The minimum atomic E-state index is -4.23. The standard InChI is InChI=1S/C12H22F3NO/c13-12(14,15)9-17-7-6-11(16)8-10-4-2-1-3-5-10/h10-11H,1-9,16H2. The van der Waals surface area contributed by atoms with Crippen molar-refractivity contribution in [1.82, 2.24) is 0 Å². The topological polar surface area (TPSA) is 35.2 Å². The van der Waals surface area contributed by atoms with Gasteiger partial charge in [0.1, 0.15) is 6.61 Å². The summed E-state index contributed by atoms with van der Waals surface area (Å²) in [6, 6.07) is -0.0219. The molecule has 0 heterocycles. The van der Waals surface area contributed by atoms with Crippen LogP contribution in [0.15, 0.2) is 0 Å². The van der Waals surface area contributed by atoms with Crippen LogP contribution in [0.2, 0.25) is 0 Å². The summed E-state index contributed by atoms with van der Waals surface area (Å²) in [5.41, 5.74) is 5.89. The molecule has 0 aromatic heterocycles. The normalized spacial score (nSPS) is 20.5. The monoisotopic (exact) mass is 253 g/mol. The second-order valence-corrected chi connectivity index (χ2v) is 4.96. The lowest BCUT2D eigenvalue weighted by atomic mass is 9.84. The second kappa shape index (κ2) is 7.21. The van der Waals surface area contributed by atoms with Crippen LogP contribution in [0.5, 0.6) is 0 Å². The van der Waals surface area contributed by atoms with Crippen LogP contribution in [0.1, 0.15) is 44.9 Å². The fraction of sp³-hybridized carbons (Fsp3) is 1.00. The predicted octanol–water partition coefficient (Wildman–Crippen LogP) is 3.25. The van der Waals surface area contributed by atoms with E-state index in [-0.39, 0.29) is 12.6 Å². The highest BCUT2D eigenvalue weighted by Gasteiger charge is 2.27. The molecule has 5 heteroatoms. The van der Waals surface area contributed by atoms with E-state index >= 15 is 0 Å². The van der Waals surface area contributed by atoms with Crippen molar-refractivity contribution in [2.24, 2.45) is 11.7 Å². The lowest BCUT2D eigenvalue weighted by Crippen LogP contribution is -2.27. The van der Waals surface area contributed by atoms with Crippen LogP contribution in [0.25, 0.3) is 0 Å². The van der Waals surface area contributed by atoms with Gasteiger partial charge in [0.2, 0.25) is 0 Å². The number of ether oxygens (including phenoxy) is 1. The molecule has 2 nitrogen and oxygen atoms in total. The van der Waals surface area contributed by atoms with Crippen molar-refractivity contribution in [2.75, 3.05) is 13.2 Å². The Kier molecular flexibility index (Phi) is 6.27. The molecule has 0 aromatic rings. The number of hydrogen-bond donors (Lipinski definition) is 1. The van der Waals surface area contributed by atoms with Gasteiger partial charge in [-0.1, -0.05) is 32.1 Å². The molecule has 1 fully saturated rings. The molecular formula is C12H22F3NO. The molecule has 0 aliphatic heterocycles. The van der Waals surface area contributed by atoms with Gasteiger partial charge >= 0.3 is 6.18 Å². The molecule has 0 spiro atoms. The number of nitrogens with two attached hydrogens (primary N) is 1. The third kappa shape index (κ3) is 7.60. The molecule has 0 radical (unpaired) electrons. The molecule has 1 rings (SSSR count). The van der Waals surface area contributed by atoms with Gasteiger partial charge in [-0.05, 0) is 18.8 Å².